The minimum absolute atomic E-state index is 0.390. The molecule has 0 radical (unpaired) electrons. The van der Waals surface area contributed by atoms with Crippen molar-refractivity contribution in [1.82, 2.24) is 25.2 Å². The Hall–Kier alpha value is -2.18. The zero-order valence-electron chi connectivity index (χ0n) is 11.0. The van der Waals surface area contributed by atoms with E-state index in [2.05, 4.69) is 25.8 Å². The molecule has 0 saturated carbocycles. The van der Waals surface area contributed by atoms with Gasteiger partial charge in [-0.2, -0.15) is 4.68 Å². The molecule has 0 spiro atoms. The molecule has 21 heavy (non-hydrogen) atoms. The van der Waals surface area contributed by atoms with Crippen LogP contribution in [0.2, 0.25) is 10.0 Å². The van der Waals surface area contributed by atoms with E-state index in [1.807, 2.05) is 13.0 Å². The van der Waals surface area contributed by atoms with E-state index in [0.717, 1.165) is 11.3 Å². The number of tetrazole rings is 1. The normalized spacial score (nSPS) is 10.6. The molecule has 0 aliphatic rings. The van der Waals surface area contributed by atoms with E-state index in [9.17, 15) is 0 Å². The predicted octanol–water partition coefficient (Wildman–Crippen LogP) is 3.42. The number of anilines is 2. The fraction of sp³-hybridized carbons (Fsp3) is 0.0769. The van der Waals surface area contributed by atoms with Gasteiger partial charge in [0.2, 0.25) is 0 Å². The van der Waals surface area contributed by atoms with E-state index in [0.29, 0.717) is 21.7 Å². The molecule has 0 atom stereocenters. The second-order valence-electron chi connectivity index (χ2n) is 4.30. The summed E-state index contributed by atoms with van der Waals surface area (Å²) in [5.41, 5.74) is 2.44. The number of nitrogens with zero attached hydrogens (tertiary/aromatic N) is 5. The fourth-order valence-electron chi connectivity index (χ4n) is 1.82. The van der Waals surface area contributed by atoms with Gasteiger partial charge in [-0.15, -0.1) is 0 Å². The average Bonchev–Trinajstić information content (AvgIpc) is 2.92. The highest BCUT2D eigenvalue weighted by molar-refractivity contribution is 6.43. The van der Waals surface area contributed by atoms with Crippen molar-refractivity contribution in [2.24, 2.45) is 0 Å². The van der Waals surface area contributed by atoms with Crippen molar-refractivity contribution in [3.63, 3.8) is 0 Å². The number of nitrogens with one attached hydrogen (secondary N) is 1. The average molecular weight is 321 g/mol. The van der Waals surface area contributed by atoms with Crippen LogP contribution in [-0.4, -0.2) is 25.2 Å². The third-order valence-electron chi connectivity index (χ3n) is 2.90. The zero-order chi connectivity index (χ0) is 14.8. The lowest BCUT2D eigenvalue weighted by Gasteiger charge is -2.10. The monoisotopic (exact) mass is 320 g/mol. The van der Waals surface area contributed by atoms with Crippen LogP contribution in [0.3, 0.4) is 0 Å². The highest BCUT2D eigenvalue weighted by Crippen LogP contribution is 2.29. The van der Waals surface area contributed by atoms with Gasteiger partial charge in [0.25, 0.3) is 5.95 Å². The molecule has 106 valence electrons. The molecule has 0 fully saturated rings. The summed E-state index contributed by atoms with van der Waals surface area (Å²) in [6, 6.07) is 7.12. The third-order valence-corrected chi connectivity index (χ3v) is 3.70. The van der Waals surface area contributed by atoms with Crippen LogP contribution in [0.5, 0.6) is 0 Å². The van der Waals surface area contributed by atoms with Gasteiger partial charge in [-0.3, -0.25) is 4.98 Å². The van der Waals surface area contributed by atoms with E-state index < -0.39 is 0 Å². The first-order valence-electron chi connectivity index (χ1n) is 6.07. The highest BCUT2D eigenvalue weighted by Gasteiger charge is 2.13. The van der Waals surface area contributed by atoms with Crippen LogP contribution < -0.4 is 5.32 Å². The topological polar surface area (TPSA) is 68.5 Å². The molecule has 0 aliphatic heterocycles. The van der Waals surface area contributed by atoms with Gasteiger partial charge in [0.15, 0.2) is 0 Å². The molecule has 3 rings (SSSR count). The zero-order valence-corrected chi connectivity index (χ0v) is 12.5. The Morgan fingerprint density at radius 1 is 1.19 bits per heavy atom. The van der Waals surface area contributed by atoms with Crippen LogP contribution in [0.25, 0.3) is 5.69 Å². The molecule has 8 heteroatoms. The van der Waals surface area contributed by atoms with E-state index in [-0.39, 0.29) is 0 Å². The molecule has 0 saturated heterocycles. The van der Waals surface area contributed by atoms with Crippen LogP contribution in [0.15, 0.2) is 36.7 Å². The van der Waals surface area contributed by atoms with Crippen molar-refractivity contribution in [2.45, 2.75) is 6.92 Å². The molecule has 1 N–H and O–H groups in total. The van der Waals surface area contributed by atoms with E-state index in [4.69, 9.17) is 23.2 Å². The number of benzene rings is 1. The van der Waals surface area contributed by atoms with Gasteiger partial charge in [0, 0.05) is 18.1 Å². The molecule has 2 aromatic heterocycles. The Labute approximate surface area is 130 Å². The standard InChI is InChI=1S/C13H10Cl2N6/c1-8-7-16-6-5-10(8)17-13-18-19-20-21(13)11-4-2-3-9(14)12(11)15/h2-7H,1H3,(H,16,17,18,20). The van der Waals surface area contributed by atoms with Gasteiger partial charge in [-0.1, -0.05) is 34.4 Å². The highest BCUT2D eigenvalue weighted by atomic mass is 35.5. The van der Waals surface area contributed by atoms with Gasteiger partial charge in [-0.05, 0) is 41.1 Å². The van der Waals surface area contributed by atoms with Crippen LogP contribution in [0.4, 0.5) is 11.6 Å². The third kappa shape index (κ3) is 2.68. The van der Waals surface area contributed by atoms with Gasteiger partial charge < -0.3 is 5.32 Å². The summed E-state index contributed by atoms with van der Waals surface area (Å²) in [5, 5.41) is 15.6. The van der Waals surface area contributed by atoms with Gasteiger partial charge >= 0.3 is 0 Å². The van der Waals surface area contributed by atoms with Crippen LogP contribution in [0, 0.1) is 6.92 Å². The summed E-state index contributed by atoms with van der Waals surface area (Å²) in [6.45, 7) is 1.94. The number of aryl methyl sites for hydroxylation is 1. The first-order chi connectivity index (χ1) is 10.2. The lowest BCUT2D eigenvalue weighted by molar-refractivity contribution is 0.791. The van der Waals surface area contributed by atoms with Crippen LogP contribution >= 0.6 is 23.2 Å². The van der Waals surface area contributed by atoms with Crippen molar-refractivity contribution in [2.75, 3.05) is 5.32 Å². The Morgan fingerprint density at radius 2 is 2.05 bits per heavy atom. The Morgan fingerprint density at radius 3 is 2.86 bits per heavy atom. The maximum absolute atomic E-state index is 6.20. The smallest absolute Gasteiger partial charge is 0.252 e. The van der Waals surface area contributed by atoms with E-state index in [1.165, 1.54) is 4.68 Å². The number of rotatable bonds is 3. The minimum atomic E-state index is 0.390. The van der Waals surface area contributed by atoms with E-state index >= 15 is 0 Å². The molecular formula is C13H10Cl2N6. The molecule has 0 aliphatic carbocycles. The number of halogens is 2. The largest absolute Gasteiger partial charge is 0.322 e. The summed E-state index contributed by atoms with van der Waals surface area (Å²) >= 11 is 12.2. The Balaban J connectivity index is 2.02. The quantitative estimate of drug-likeness (QED) is 0.800. The number of aromatic nitrogens is 5. The van der Waals surface area contributed by atoms with Crippen molar-refractivity contribution in [3.8, 4) is 5.69 Å². The van der Waals surface area contributed by atoms with Crippen LogP contribution in [-0.2, 0) is 0 Å². The molecular weight excluding hydrogens is 311 g/mol. The van der Waals surface area contributed by atoms with Gasteiger partial charge in [-0.25, -0.2) is 0 Å². The summed E-state index contributed by atoms with van der Waals surface area (Å²) in [6.07, 6.45) is 3.44. The molecule has 0 bridgehead atoms. The van der Waals surface area contributed by atoms with Crippen molar-refractivity contribution < 1.29 is 0 Å². The summed E-state index contributed by atoms with van der Waals surface area (Å²) in [5.74, 6) is 0.438. The minimum Gasteiger partial charge on any atom is -0.322 e. The molecule has 1 aromatic carbocycles. The molecule has 3 aromatic rings. The van der Waals surface area contributed by atoms with Gasteiger partial charge in [0.05, 0.1) is 15.7 Å². The Kier molecular flexibility index (Phi) is 3.72. The van der Waals surface area contributed by atoms with Crippen molar-refractivity contribution in [1.29, 1.82) is 0 Å². The number of pyridine rings is 1. The van der Waals surface area contributed by atoms with Crippen molar-refractivity contribution in [3.05, 3.63) is 52.3 Å². The summed E-state index contributed by atoms with van der Waals surface area (Å²) in [4.78, 5) is 4.04. The van der Waals surface area contributed by atoms with E-state index in [1.54, 1.807) is 30.6 Å². The second-order valence-corrected chi connectivity index (χ2v) is 5.09. The lowest BCUT2D eigenvalue weighted by atomic mass is 10.2. The summed E-state index contributed by atoms with van der Waals surface area (Å²) in [7, 11) is 0. The SMILES string of the molecule is Cc1cnccc1Nc1nnnn1-c1cccc(Cl)c1Cl. The lowest BCUT2D eigenvalue weighted by Crippen LogP contribution is -2.05. The maximum atomic E-state index is 6.20. The van der Waals surface area contributed by atoms with Crippen LogP contribution in [0.1, 0.15) is 5.56 Å². The second kappa shape index (κ2) is 5.67. The molecule has 2 heterocycles. The number of hydrogen-bond acceptors (Lipinski definition) is 5. The summed E-state index contributed by atoms with van der Waals surface area (Å²) < 4.78 is 1.49. The van der Waals surface area contributed by atoms with Gasteiger partial charge in [0.1, 0.15) is 0 Å². The van der Waals surface area contributed by atoms with Crippen molar-refractivity contribution >= 4 is 34.8 Å². The fourth-order valence-corrected chi connectivity index (χ4v) is 2.19. The molecule has 0 amide bonds. The number of hydrogen-bond donors (Lipinski definition) is 1. The Bertz CT molecular complexity index is 786. The first-order valence-corrected chi connectivity index (χ1v) is 6.83. The predicted molar refractivity (Wildman–Crippen MR) is 81.4 cm³/mol. The molecule has 0 unspecified atom stereocenters. The first kappa shape index (κ1) is 13.8. The maximum Gasteiger partial charge on any atom is 0.252 e. The molecule has 6 nitrogen and oxygen atoms in total.